The third-order valence-electron chi connectivity index (χ3n) is 2.64. The number of hydrogen-bond acceptors (Lipinski definition) is 1. The highest BCUT2D eigenvalue weighted by atomic mass is 79.9. The first-order valence-electron chi connectivity index (χ1n) is 5.51. The summed E-state index contributed by atoms with van der Waals surface area (Å²) in [5.74, 6) is -0.825. The molecule has 1 N–H and O–H groups in total. The van der Waals surface area contributed by atoms with Crippen LogP contribution in [0.3, 0.4) is 0 Å². The third-order valence-corrected chi connectivity index (χ3v) is 4.49. The maximum absolute atomic E-state index is 13.4. The Bertz CT molecular complexity index is 643. The molecule has 0 unspecified atom stereocenters. The van der Waals surface area contributed by atoms with Crippen LogP contribution >= 0.6 is 31.9 Å². The van der Waals surface area contributed by atoms with E-state index in [1.165, 1.54) is 12.1 Å². The van der Waals surface area contributed by atoms with Gasteiger partial charge in [-0.25, -0.2) is 4.39 Å². The van der Waals surface area contributed by atoms with E-state index in [0.717, 1.165) is 10.0 Å². The second-order valence-corrected chi connectivity index (χ2v) is 5.58. The van der Waals surface area contributed by atoms with Crippen LogP contribution in [0.2, 0.25) is 0 Å². The Labute approximate surface area is 127 Å². The molecular formula is C14H10Br2FNO. The number of halogens is 3. The summed E-state index contributed by atoms with van der Waals surface area (Å²) in [6.45, 7) is 1.93. The molecule has 0 heterocycles. The molecule has 1 amide bonds. The van der Waals surface area contributed by atoms with Gasteiger partial charge in [0.2, 0.25) is 0 Å². The molecule has 0 radical (unpaired) electrons. The van der Waals surface area contributed by atoms with Crippen molar-refractivity contribution >= 4 is 43.5 Å². The fourth-order valence-corrected chi connectivity index (χ4v) is 2.42. The summed E-state index contributed by atoms with van der Waals surface area (Å²) in [4.78, 5) is 12.1. The SMILES string of the molecule is Cc1cccc(NC(=O)c2cccc(F)c2Br)c1Br. The molecule has 5 heteroatoms. The number of hydrogen-bond donors (Lipinski definition) is 1. The second kappa shape index (κ2) is 5.84. The lowest BCUT2D eigenvalue weighted by Gasteiger charge is -2.10. The smallest absolute Gasteiger partial charge is 0.256 e. The second-order valence-electron chi connectivity index (χ2n) is 3.99. The first kappa shape index (κ1) is 14.2. The molecule has 98 valence electrons. The van der Waals surface area contributed by atoms with Gasteiger partial charge in [-0.1, -0.05) is 18.2 Å². The Kier molecular flexibility index (Phi) is 4.37. The highest BCUT2D eigenvalue weighted by Gasteiger charge is 2.14. The average molecular weight is 387 g/mol. The molecule has 0 saturated carbocycles. The van der Waals surface area contributed by atoms with E-state index in [1.807, 2.05) is 19.1 Å². The van der Waals surface area contributed by atoms with E-state index in [1.54, 1.807) is 12.1 Å². The fraction of sp³-hybridized carbons (Fsp3) is 0.0714. The molecule has 0 atom stereocenters. The summed E-state index contributed by atoms with van der Waals surface area (Å²) in [6, 6.07) is 9.91. The van der Waals surface area contributed by atoms with Gasteiger partial charge in [-0.3, -0.25) is 4.79 Å². The van der Waals surface area contributed by atoms with E-state index in [0.29, 0.717) is 5.69 Å². The van der Waals surface area contributed by atoms with Crippen molar-refractivity contribution in [2.45, 2.75) is 6.92 Å². The molecule has 0 aromatic heterocycles. The van der Waals surface area contributed by atoms with Crippen molar-refractivity contribution in [3.8, 4) is 0 Å². The van der Waals surface area contributed by atoms with Crippen molar-refractivity contribution in [1.29, 1.82) is 0 Å². The lowest BCUT2D eigenvalue weighted by molar-refractivity contribution is 0.102. The zero-order valence-electron chi connectivity index (χ0n) is 10.0. The van der Waals surface area contributed by atoms with Gasteiger partial charge in [0.1, 0.15) is 5.82 Å². The Hall–Kier alpha value is -1.20. The lowest BCUT2D eigenvalue weighted by Crippen LogP contribution is -2.13. The van der Waals surface area contributed by atoms with E-state index >= 15 is 0 Å². The summed E-state index contributed by atoms with van der Waals surface area (Å²) in [7, 11) is 0. The van der Waals surface area contributed by atoms with Gasteiger partial charge in [-0.05, 0) is 62.5 Å². The van der Waals surface area contributed by atoms with Crippen molar-refractivity contribution in [2.24, 2.45) is 0 Å². The summed E-state index contributed by atoms with van der Waals surface area (Å²) in [6.07, 6.45) is 0. The Morgan fingerprint density at radius 2 is 1.79 bits per heavy atom. The van der Waals surface area contributed by atoms with Crippen LogP contribution in [-0.2, 0) is 0 Å². The zero-order valence-corrected chi connectivity index (χ0v) is 13.2. The highest BCUT2D eigenvalue weighted by Crippen LogP contribution is 2.27. The fourth-order valence-electron chi connectivity index (χ4n) is 1.61. The van der Waals surface area contributed by atoms with Crippen LogP contribution in [0.4, 0.5) is 10.1 Å². The van der Waals surface area contributed by atoms with E-state index in [4.69, 9.17) is 0 Å². The van der Waals surface area contributed by atoms with Crippen molar-refractivity contribution in [2.75, 3.05) is 5.32 Å². The number of aryl methyl sites for hydroxylation is 1. The number of amides is 1. The van der Waals surface area contributed by atoms with Gasteiger partial charge >= 0.3 is 0 Å². The van der Waals surface area contributed by atoms with Crippen LogP contribution in [0.25, 0.3) is 0 Å². The molecule has 2 aromatic carbocycles. The minimum Gasteiger partial charge on any atom is -0.321 e. The largest absolute Gasteiger partial charge is 0.321 e. The van der Waals surface area contributed by atoms with Crippen molar-refractivity contribution in [3.05, 3.63) is 62.3 Å². The van der Waals surface area contributed by atoms with Crippen LogP contribution < -0.4 is 5.32 Å². The molecule has 0 bridgehead atoms. The molecule has 2 aromatic rings. The summed E-state index contributed by atoms with van der Waals surface area (Å²) in [5.41, 5.74) is 1.92. The van der Waals surface area contributed by atoms with Crippen molar-refractivity contribution in [3.63, 3.8) is 0 Å². The Morgan fingerprint density at radius 1 is 1.11 bits per heavy atom. The lowest BCUT2D eigenvalue weighted by atomic mass is 10.2. The number of nitrogens with one attached hydrogen (secondary N) is 1. The van der Waals surface area contributed by atoms with Crippen LogP contribution in [0.5, 0.6) is 0 Å². The Morgan fingerprint density at radius 3 is 2.53 bits per heavy atom. The monoisotopic (exact) mass is 385 g/mol. The maximum atomic E-state index is 13.4. The third kappa shape index (κ3) is 3.04. The number of benzene rings is 2. The average Bonchev–Trinajstić information content (AvgIpc) is 2.38. The number of anilines is 1. The number of rotatable bonds is 2. The normalized spacial score (nSPS) is 10.3. The first-order valence-corrected chi connectivity index (χ1v) is 7.10. The van der Waals surface area contributed by atoms with Crippen LogP contribution in [0, 0.1) is 12.7 Å². The van der Waals surface area contributed by atoms with Gasteiger partial charge in [0, 0.05) is 4.47 Å². The van der Waals surface area contributed by atoms with Gasteiger partial charge < -0.3 is 5.32 Å². The predicted octanol–water partition coefficient (Wildman–Crippen LogP) is 4.91. The standard InChI is InChI=1S/C14H10Br2FNO/c1-8-4-2-7-11(12(8)15)18-14(19)9-5-3-6-10(17)13(9)16/h2-7H,1H3,(H,18,19). The van der Waals surface area contributed by atoms with E-state index < -0.39 is 5.82 Å². The Balaban J connectivity index is 2.31. The number of carbonyl (C=O) groups is 1. The molecule has 0 fully saturated rings. The quantitative estimate of drug-likeness (QED) is 0.780. The highest BCUT2D eigenvalue weighted by molar-refractivity contribution is 9.11. The minimum atomic E-state index is -0.462. The molecule has 0 aliphatic rings. The van der Waals surface area contributed by atoms with Crippen LogP contribution in [0.15, 0.2) is 45.3 Å². The molecular weight excluding hydrogens is 377 g/mol. The zero-order chi connectivity index (χ0) is 14.0. The molecule has 19 heavy (non-hydrogen) atoms. The van der Waals surface area contributed by atoms with E-state index in [9.17, 15) is 9.18 Å². The first-order chi connectivity index (χ1) is 9.00. The molecule has 2 nitrogen and oxygen atoms in total. The van der Waals surface area contributed by atoms with Gasteiger partial charge in [0.05, 0.1) is 15.7 Å². The minimum absolute atomic E-state index is 0.163. The predicted molar refractivity (Wildman–Crippen MR) is 80.9 cm³/mol. The topological polar surface area (TPSA) is 29.1 Å². The van der Waals surface area contributed by atoms with Gasteiger partial charge in [-0.15, -0.1) is 0 Å². The summed E-state index contributed by atoms with van der Waals surface area (Å²) < 4.78 is 14.4. The molecule has 0 saturated heterocycles. The van der Waals surface area contributed by atoms with Crippen molar-refractivity contribution in [1.82, 2.24) is 0 Å². The van der Waals surface area contributed by atoms with Gasteiger partial charge in [-0.2, -0.15) is 0 Å². The molecule has 0 aliphatic heterocycles. The van der Waals surface area contributed by atoms with Crippen LogP contribution in [-0.4, -0.2) is 5.91 Å². The van der Waals surface area contributed by atoms with Gasteiger partial charge in [0.15, 0.2) is 0 Å². The number of carbonyl (C=O) groups excluding carboxylic acids is 1. The van der Waals surface area contributed by atoms with Gasteiger partial charge in [0.25, 0.3) is 5.91 Å². The molecule has 2 rings (SSSR count). The maximum Gasteiger partial charge on any atom is 0.256 e. The van der Waals surface area contributed by atoms with Crippen molar-refractivity contribution < 1.29 is 9.18 Å². The summed E-state index contributed by atoms with van der Waals surface area (Å²) >= 11 is 6.49. The molecule has 0 aliphatic carbocycles. The van der Waals surface area contributed by atoms with E-state index in [-0.39, 0.29) is 15.9 Å². The van der Waals surface area contributed by atoms with E-state index in [2.05, 4.69) is 37.2 Å². The summed E-state index contributed by atoms with van der Waals surface area (Å²) in [5, 5.41) is 2.75. The molecule has 0 spiro atoms. The van der Waals surface area contributed by atoms with Crippen LogP contribution in [0.1, 0.15) is 15.9 Å².